The van der Waals surface area contributed by atoms with E-state index in [1.54, 1.807) is 26.0 Å². The smallest absolute Gasteiger partial charge is 0.331 e. The van der Waals surface area contributed by atoms with Gasteiger partial charge in [0.1, 0.15) is 11.5 Å². The highest BCUT2D eigenvalue weighted by molar-refractivity contribution is 5.81. The molecule has 0 amide bonds. The van der Waals surface area contributed by atoms with Crippen molar-refractivity contribution in [1.82, 2.24) is 0 Å². The van der Waals surface area contributed by atoms with Crippen LogP contribution in [0.4, 0.5) is 0 Å². The molecule has 0 N–H and O–H groups in total. The summed E-state index contributed by atoms with van der Waals surface area (Å²) in [5, 5.41) is 9.22. The van der Waals surface area contributed by atoms with Gasteiger partial charge in [-0.3, -0.25) is 0 Å². The van der Waals surface area contributed by atoms with Crippen LogP contribution in [0.1, 0.15) is 85.0 Å². The van der Waals surface area contributed by atoms with Crippen LogP contribution >= 0.6 is 0 Å². The summed E-state index contributed by atoms with van der Waals surface area (Å²) in [6, 6.07) is 17.5. The molecule has 0 spiro atoms. The third kappa shape index (κ3) is 8.92. The van der Waals surface area contributed by atoms with E-state index in [-0.39, 0.29) is 0 Å². The van der Waals surface area contributed by atoms with E-state index in [2.05, 4.69) is 6.92 Å². The van der Waals surface area contributed by atoms with Gasteiger partial charge >= 0.3 is 5.97 Å². The quantitative estimate of drug-likeness (QED) is 0.156. The number of nitriles is 1. The first-order valence-electron chi connectivity index (χ1n) is 12.5. The number of rotatable bonds is 15. The van der Waals surface area contributed by atoms with Crippen molar-refractivity contribution in [3.63, 3.8) is 0 Å². The Bertz CT molecular complexity index is 867. The van der Waals surface area contributed by atoms with Gasteiger partial charge in [0.2, 0.25) is 0 Å². The molecule has 0 saturated heterocycles. The molecule has 4 nitrogen and oxygen atoms in total. The number of esters is 1. The highest BCUT2D eigenvalue weighted by atomic mass is 16.5. The third-order valence-corrected chi connectivity index (χ3v) is 6.17. The van der Waals surface area contributed by atoms with Crippen LogP contribution in [-0.4, -0.2) is 12.6 Å². The molecule has 178 valence electrons. The first kappa shape index (κ1) is 26.5. The molecule has 1 unspecified atom stereocenters. The number of unbranched alkanes of at least 4 members (excludes halogenated alkanes) is 8. The molecule has 0 aliphatic rings. The minimum absolute atomic E-state index is 0.411. The van der Waals surface area contributed by atoms with Gasteiger partial charge in [0.15, 0.2) is 5.41 Å². The molecule has 0 fully saturated rings. The van der Waals surface area contributed by atoms with Gasteiger partial charge in [-0.2, -0.15) is 5.26 Å². The first-order valence-corrected chi connectivity index (χ1v) is 12.5. The van der Waals surface area contributed by atoms with Crippen LogP contribution in [0.3, 0.4) is 0 Å². The third-order valence-electron chi connectivity index (χ3n) is 6.17. The Morgan fingerprint density at radius 1 is 0.788 bits per heavy atom. The van der Waals surface area contributed by atoms with E-state index in [4.69, 9.17) is 9.47 Å². The first-order chi connectivity index (χ1) is 16.0. The Morgan fingerprint density at radius 2 is 1.27 bits per heavy atom. The lowest BCUT2D eigenvalue weighted by molar-refractivity contribution is -0.141. The Balaban J connectivity index is 1.73. The van der Waals surface area contributed by atoms with Gasteiger partial charge in [-0.25, -0.2) is 4.79 Å². The number of hydrogen-bond donors (Lipinski definition) is 0. The van der Waals surface area contributed by atoms with Crippen molar-refractivity contribution >= 4 is 5.97 Å². The van der Waals surface area contributed by atoms with E-state index < -0.39 is 11.4 Å². The number of carbonyl (C=O) groups is 1. The number of ether oxygens (including phenoxy) is 2. The molecule has 1 atom stereocenters. The van der Waals surface area contributed by atoms with Crippen LogP contribution in [0.5, 0.6) is 11.5 Å². The average Bonchev–Trinajstić information content (AvgIpc) is 2.85. The highest BCUT2D eigenvalue weighted by Gasteiger charge is 2.33. The van der Waals surface area contributed by atoms with E-state index in [0.717, 1.165) is 29.9 Å². The molecule has 0 aliphatic carbocycles. The number of hydrogen-bond acceptors (Lipinski definition) is 4. The monoisotopic (exact) mass is 449 g/mol. The van der Waals surface area contributed by atoms with Crippen LogP contribution in [-0.2, 0) is 4.79 Å². The highest BCUT2D eigenvalue weighted by Crippen LogP contribution is 2.27. The summed E-state index contributed by atoms with van der Waals surface area (Å²) in [6.45, 7) is 6.42. The minimum Gasteiger partial charge on any atom is -0.494 e. The van der Waals surface area contributed by atoms with E-state index in [0.29, 0.717) is 12.2 Å². The lowest BCUT2D eigenvalue weighted by Gasteiger charge is -2.17. The van der Waals surface area contributed by atoms with Crippen LogP contribution in [0, 0.1) is 16.7 Å². The fourth-order valence-corrected chi connectivity index (χ4v) is 3.55. The molecule has 33 heavy (non-hydrogen) atoms. The fourth-order valence-electron chi connectivity index (χ4n) is 3.55. The number of benzene rings is 2. The maximum Gasteiger partial charge on any atom is 0.331 e. The summed E-state index contributed by atoms with van der Waals surface area (Å²) in [7, 11) is 0. The number of nitrogens with zero attached hydrogens (tertiary/aromatic N) is 1. The van der Waals surface area contributed by atoms with E-state index in [1.807, 2.05) is 42.5 Å². The second-order valence-corrected chi connectivity index (χ2v) is 8.91. The van der Waals surface area contributed by atoms with E-state index >= 15 is 0 Å². The Labute approximate surface area is 199 Å². The van der Waals surface area contributed by atoms with Crippen molar-refractivity contribution in [2.45, 2.75) is 85.0 Å². The van der Waals surface area contributed by atoms with Crippen LogP contribution < -0.4 is 9.47 Å². The summed E-state index contributed by atoms with van der Waals surface area (Å²) < 4.78 is 11.3. The molecule has 4 heteroatoms. The lowest BCUT2D eigenvalue weighted by Crippen LogP contribution is -2.29. The Morgan fingerprint density at radius 3 is 1.76 bits per heavy atom. The van der Waals surface area contributed by atoms with Crippen molar-refractivity contribution in [3.05, 3.63) is 48.5 Å². The van der Waals surface area contributed by atoms with Crippen LogP contribution in [0.15, 0.2) is 48.5 Å². The topological polar surface area (TPSA) is 59.3 Å². The maximum absolute atomic E-state index is 12.2. The zero-order valence-electron chi connectivity index (χ0n) is 20.6. The standard InChI is InChI=1S/C29H39NO3/c1-4-6-7-8-9-10-11-12-13-22-32-26-18-14-24(15-19-26)25-16-20-27(21-17-25)33-28(31)29(3,5-2)23-30/h14-21H,4-13,22H2,1-3H3. The van der Waals surface area contributed by atoms with E-state index in [1.165, 1.54) is 51.4 Å². The summed E-state index contributed by atoms with van der Waals surface area (Å²) >= 11 is 0. The zero-order chi connectivity index (χ0) is 23.9. The molecule has 2 aromatic rings. The van der Waals surface area contributed by atoms with Crippen LogP contribution in [0.2, 0.25) is 0 Å². The summed E-state index contributed by atoms with van der Waals surface area (Å²) in [5.41, 5.74) is 0.973. The maximum atomic E-state index is 12.2. The Kier molecular flexibility index (Phi) is 11.5. The molecule has 0 aromatic heterocycles. The van der Waals surface area contributed by atoms with Crippen molar-refractivity contribution in [3.8, 4) is 28.7 Å². The van der Waals surface area contributed by atoms with Crippen LogP contribution in [0.25, 0.3) is 11.1 Å². The molecular formula is C29H39NO3. The van der Waals surface area contributed by atoms with Gasteiger partial charge < -0.3 is 9.47 Å². The zero-order valence-corrected chi connectivity index (χ0v) is 20.6. The van der Waals surface area contributed by atoms with Gasteiger partial charge in [0, 0.05) is 0 Å². The summed E-state index contributed by atoms with van der Waals surface area (Å²) in [5.74, 6) is 0.813. The summed E-state index contributed by atoms with van der Waals surface area (Å²) in [6.07, 6.45) is 12.2. The lowest BCUT2D eigenvalue weighted by atomic mass is 9.90. The van der Waals surface area contributed by atoms with Crippen molar-refractivity contribution < 1.29 is 14.3 Å². The summed E-state index contributed by atoms with van der Waals surface area (Å²) in [4.78, 5) is 12.2. The molecule has 0 heterocycles. The number of carbonyl (C=O) groups excluding carboxylic acids is 1. The second-order valence-electron chi connectivity index (χ2n) is 8.91. The van der Waals surface area contributed by atoms with E-state index in [9.17, 15) is 10.1 Å². The molecule has 2 aromatic carbocycles. The molecule has 0 radical (unpaired) electrons. The van der Waals surface area contributed by atoms with Crippen molar-refractivity contribution in [2.24, 2.45) is 5.41 Å². The van der Waals surface area contributed by atoms with Crippen molar-refractivity contribution in [2.75, 3.05) is 6.61 Å². The van der Waals surface area contributed by atoms with Gasteiger partial charge in [-0.15, -0.1) is 0 Å². The molecular weight excluding hydrogens is 410 g/mol. The molecule has 2 rings (SSSR count). The van der Waals surface area contributed by atoms with Gasteiger partial charge in [-0.05, 0) is 55.2 Å². The Hall–Kier alpha value is -2.80. The van der Waals surface area contributed by atoms with Gasteiger partial charge in [0.05, 0.1) is 12.7 Å². The SMILES string of the molecule is CCCCCCCCCCCOc1ccc(-c2ccc(OC(=O)C(C)(C#N)CC)cc2)cc1. The minimum atomic E-state index is -1.12. The van der Waals surface area contributed by atoms with Gasteiger partial charge in [0.25, 0.3) is 0 Å². The van der Waals surface area contributed by atoms with Gasteiger partial charge in [-0.1, -0.05) is 89.5 Å². The fraction of sp³-hybridized carbons (Fsp3) is 0.517. The molecule has 0 aliphatic heterocycles. The predicted octanol–water partition coefficient (Wildman–Crippen LogP) is 8.11. The molecule has 0 saturated carbocycles. The normalized spacial score (nSPS) is 12.5. The van der Waals surface area contributed by atoms with Crippen molar-refractivity contribution in [1.29, 1.82) is 5.26 Å². The largest absolute Gasteiger partial charge is 0.494 e. The average molecular weight is 450 g/mol. The second kappa shape index (κ2) is 14.4. The molecule has 0 bridgehead atoms. The predicted molar refractivity (Wildman–Crippen MR) is 134 cm³/mol.